The molecule has 1 aliphatic rings. The topological polar surface area (TPSA) is 70.2 Å². The molecule has 1 fully saturated rings. The van der Waals surface area contributed by atoms with E-state index in [1.807, 2.05) is 0 Å². The van der Waals surface area contributed by atoms with E-state index in [1.54, 1.807) is 13.8 Å². The van der Waals surface area contributed by atoms with Gasteiger partial charge in [-0.1, -0.05) is 12.1 Å². The summed E-state index contributed by atoms with van der Waals surface area (Å²) in [7, 11) is 0. The molecule has 5 nitrogen and oxygen atoms in total. The van der Waals surface area contributed by atoms with Gasteiger partial charge in [0.05, 0.1) is 5.56 Å². The number of rotatable bonds is 3. The lowest BCUT2D eigenvalue weighted by Gasteiger charge is -2.32. The third kappa shape index (κ3) is 4.41. The van der Waals surface area contributed by atoms with E-state index in [0.717, 1.165) is 17.7 Å². The number of hydrogen-bond donors (Lipinski definition) is 1. The van der Waals surface area contributed by atoms with Gasteiger partial charge in [0.25, 0.3) is 11.5 Å². The summed E-state index contributed by atoms with van der Waals surface area (Å²) in [5.74, 6) is -1.26. The maximum Gasteiger partial charge on any atom is 0.416 e. The minimum absolute atomic E-state index is 0.0238. The highest BCUT2D eigenvalue weighted by Crippen LogP contribution is 2.30. The van der Waals surface area contributed by atoms with E-state index in [1.165, 1.54) is 23.1 Å². The minimum Gasteiger partial charge on any atom is -0.338 e. The molecule has 2 aromatic rings. The van der Waals surface area contributed by atoms with Gasteiger partial charge in [0.15, 0.2) is 5.78 Å². The maximum absolute atomic E-state index is 12.8. The number of aromatic amines is 1. The first-order valence-corrected chi connectivity index (χ1v) is 9.29. The minimum atomic E-state index is -4.46. The van der Waals surface area contributed by atoms with Crippen molar-refractivity contribution in [3.63, 3.8) is 0 Å². The summed E-state index contributed by atoms with van der Waals surface area (Å²) in [6.07, 6.45) is -3.35. The molecule has 1 aromatic carbocycles. The molecule has 0 spiro atoms. The number of benzene rings is 1. The molecule has 1 saturated heterocycles. The molecule has 1 N–H and O–H groups in total. The van der Waals surface area contributed by atoms with Crippen LogP contribution >= 0.6 is 0 Å². The Kier molecular flexibility index (Phi) is 5.64. The lowest BCUT2D eigenvalue weighted by Crippen LogP contribution is -2.44. The third-order valence-electron chi connectivity index (χ3n) is 5.30. The number of hydrogen-bond acceptors (Lipinski definition) is 3. The number of aryl methyl sites for hydroxylation is 2. The van der Waals surface area contributed by atoms with Gasteiger partial charge in [0.2, 0.25) is 0 Å². The summed E-state index contributed by atoms with van der Waals surface area (Å²) in [5, 5.41) is 0. The van der Waals surface area contributed by atoms with Crippen LogP contribution in [0.1, 0.15) is 50.4 Å². The van der Waals surface area contributed by atoms with Gasteiger partial charge in [-0.25, -0.2) is 0 Å². The van der Waals surface area contributed by atoms with Crippen LogP contribution < -0.4 is 5.56 Å². The van der Waals surface area contributed by atoms with Crippen molar-refractivity contribution in [2.45, 2.75) is 32.9 Å². The van der Waals surface area contributed by atoms with Crippen molar-refractivity contribution in [1.29, 1.82) is 0 Å². The second-order valence-corrected chi connectivity index (χ2v) is 7.35. The van der Waals surface area contributed by atoms with E-state index in [2.05, 4.69) is 4.98 Å². The van der Waals surface area contributed by atoms with Crippen LogP contribution in [0.3, 0.4) is 0 Å². The van der Waals surface area contributed by atoms with E-state index in [4.69, 9.17) is 0 Å². The molecule has 1 atom stereocenters. The fourth-order valence-electron chi connectivity index (χ4n) is 3.49. The van der Waals surface area contributed by atoms with Crippen LogP contribution in [0.15, 0.2) is 35.1 Å². The number of pyridine rings is 1. The van der Waals surface area contributed by atoms with E-state index in [9.17, 15) is 27.6 Å². The average molecular weight is 406 g/mol. The molecular formula is C21H21F3N2O3. The Morgan fingerprint density at radius 2 is 1.79 bits per heavy atom. The van der Waals surface area contributed by atoms with Gasteiger partial charge in [-0.3, -0.25) is 14.4 Å². The van der Waals surface area contributed by atoms with Gasteiger partial charge in [-0.15, -0.1) is 0 Å². The number of carbonyl (C=O) groups excluding carboxylic acids is 2. The standard InChI is InChI=1S/C21H21F3N2O3/c1-12-10-17(19(28)25-13(12)2)20(29)26-9-3-4-15(11-26)18(27)14-5-7-16(8-6-14)21(22,23)24/h5-8,10,15H,3-4,9,11H2,1-2H3,(H,25,28)/t15-/m0/s1. The lowest BCUT2D eigenvalue weighted by molar-refractivity contribution is -0.137. The average Bonchev–Trinajstić information content (AvgIpc) is 2.69. The predicted octanol–water partition coefficient (Wildman–Crippen LogP) is 3.75. The van der Waals surface area contributed by atoms with Crippen molar-refractivity contribution >= 4 is 11.7 Å². The van der Waals surface area contributed by atoms with Crippen molar-refractivity contribution in [2.75, 3.05) is 13.1 Å². The fourth-order valence-corrected chi connectivity index (χ4v) is 3.49. The highest BCUT2D eigenvalue weighted by Gasteiger charge is 2.32. The predicted molar refractivity (Wildman–Crippen MR) is 101 cm³/mol. The number of amides is 1. The van der Waals surface area contributed by atoms with Crippen molar-refractivity contribution < 1.29 is 22.8 Å². The molecule has 0 saturated carbocycles. The smallest absolute Gasteiger partial charge is 0.338 e. The Labute approximate surface area is 165 Å². The summed E-state index contributed by atoms with van der Waals surface area (Å²) in [5.41, 5.74) is 0.373. The number of Topliss-reactive ketones (excluding diaryl/α,β-unsaturated/α-hetero) is 1. The van der Waals surface area contributed by atoms with E-state index >= 15 is 0 Å². The van der Waals surface area contributed by atoms with E-state index < -0.39 is 29.1 Å². The Morgan fingerprint density at radius 1 is 1.14 bits per heavy atom. The van der Waals surface area contributed by atoms with Gasteiger partial charge in [-0.2, -0.15) is 13.2 Å². The molecule has 2 heterocycles. The van der Waals surface area contributed by atoms with Crippen LogP contribution in [0.5, 0.6) is 0 Å². The second-order valence-electron chi connectivity index (χ2n) is 7.35. The van der Waals surface area contributed by atoms with Gasteiger partial charge in [0, 0.05) is 30.3 Å². The first-order chi connectivity index (χ1) is 13.6. The van der Waals surface area contributed by atoms with Crippen LogP contribution in [-0.2, 0) is 6.18 Å². The quantitative estimate of drug-likeness (QED) is 0.790. The number of ketones is 1. The van der Waals surface area contributed by atoms with E-state index in [0.29, 0.717) is 25.1 Å². The zero-order chi connectivity index (χ0) is 21.3. The summed E-state index contributed by atoms with van der Waals surface area (Å²) in [6.45, 7) is 4.08. The molecule has 3 rings (SSSR count). The SMILES string of the molecule is Cc1cc(C(=O)N2CCC[C@H](C(=O)c3ccc(C(F)(F)F)cc3)C2)c(=O)[nH]c1C. The Hall–Kier alpha value is -2.90. The molecule has 0 bridgehead atoms. The number of aromatic nitrogens is 1. The molecule has 0 radical (unpaired) electrons. The van der Waals surface area contributed by atoms with Gasteiger partial charge in [-0.05, 0) is 50.5 Å². The molecule has 0 unspecified atom stereocenters. The van der Waals surface area contributed by atoms with Crippen LogP contribution in [0.4, 0.5) is 13.2 Å². The molecule has 1 aromatic heterocycles. The van der Waals surface area contributed by atoms with Crippen LogP contribution in [-0.4, -0.2) is 34.7 Å². The summed E-state index contributed by atoms with van der Waals surface area (Å²) < 4.78 is 38.1. The van der Waals surface area contributed by atoms with Crippen molar-refractivity contribution in [3.05, 3.63) is 68.6 Å². The molecule has 154 valence electrons. The number of carbonyl (C=O) groups is 2. The van der Waals surface area contributed by atoms with Gasteiger partial charge in [0.1, 0.15) is 5.56 Å². The highest BCUT2D eigenvalue weighted by atomic mass is 19.4. The van der Waals surface area contributed by atoms with Crippen LogP contribution in [0.25, 0.3) is 0 Å². The molecule has 1 aliphatic heterocycles. The molecule has 1 amide bonds. The molecule has 8 heteroatoms. The van der Waals surface area contributed by atoms with Gasteiger partial charge < -0.3 is 9.88 Å². The van der Waals surface area contributed by atoms with Crippen molar-refractivity contribution in [1.82, 2.24) is 9.88 Å². The van der Waals surface area contributed by atoms with E-state index in [-0.39, 0.29) is 23.5 Å². The zero-order valence-electron chi connectivity index (χ0n) is 16.1. The van der Waals surface area contributed by atoms with Gasteiger partial charge >= 0.3 is 6.18 Å². The summed E-state index contributed by atoms with van der Waals surface area (Å²) in [4.78, 5) is 41.8. The second kappa shape index (κ2) is 7.85. The maximum atomic E-state index is 12.8. The van der Waals surface area contributed by atoms with Crippen LogP contribution in [0, 0.1) is 19.8 Å². The van der Waals surface area contributed by atoms with Crippen molar-refractivity contribution in [3.8, 4) is 0 Å². The zero-order valence-corrected chi connectivity index (χ0v) is 16.1. The molecule has 0 aliphatic carbocycles. The number of H-pyrrole nitrogens is 1. The molecule has 29 heavy (non-hydrogen) atoms. The van der Waals surface area contributed by atoms with Crippen LogP contribution in [0.2, 0.25) is 0 Å². The largest absolute Gasteiger partial charge is 0.416 e. The van der Waals surface area contributed by atoms with Crippen molar-refractivity contribution in [2.24, 2.45) is 5.92 Å². The Bertz CT molecular complexity index is 994. The molecular weight excluding hydrogens is 385 g/mol. The number of alkyl halides is 3. The lowest BCUT2D eigenvalue weighted by atomic mass is 9.89. The number of halogens is 3. The first-order valence-electron chi connectivity index (χ1n) is 9.29. The summed E-state index contributed by atoms with van der Waals surface area (Å²) >= 11 is 0. The first kappa shape index (κ1) is 20.8. The monoisotopic (exact) mass is 406 g/mol. The summed E-state index contributed by atoms with van der Waals surface area (Å²) in [6, 6.07) is 5.64. The number of nitrogens with one attached hydrogen (secondary N) is 1. The number of nitrogens with zero attached hydrogens (tertiary/aromatic N) is 1. The highest BCUT2D eigenvalue weighted by molar-refractivity contribution is 5.99. The Balaban J connectivity index is 1.77. The Morgan fingerprint density at radius 3 is 2.41 bits per heavy atom. The fraction of sp³-hybridized carbons (Fsp3) is 0.381. The third-order valence-corrected chi connectivity index (χ3v) is 5.30. The normalized spacial score (nSPS) is 17.3. The number of piperidine rings is 1. The number of likely N-dealkylation sites (tertiary alicyclic amines) is 1.